The maximum Gasteiger partial charge on any atom is 0.126 e. The molecule has 0 aromatic carbocycles. The van der Waals surface area contributed by atoms with Crippen molar-refractivity contribution in [2.45, 2.75) is 33.5 Å². The van der Waals surface area contributed by atoms with E-state index in [2.05, 4.69) is 45.6 Å². The summed E-state index contributed by atoms with van der Waals surface area (Å²) >= 11 is 0. The Kier molecular flexibility index (Phi) is 2.81. The van der Waals surface area contributed by atoms with Gasteiger partial charge >= 0.3 is 0 Å². The summed E-state index contributed by atoms with van der Waals surface area (Å²) in [6.45, 7) is 11.1. The zero-order chi connectivity index (χ0) is 10.1. The average Bonchev–Trinajstić information content (AvgIpc) is 2.32. The predicted molar refractivity (Wildman–Crippen MR) is 61.0 cm³/mol. The molecule has 0 unspecified atom stereocenters. The lowest BCUT2D eigenvalue weighted by atomic mass is 10.3. The summed E-state index contributed by atoms with van der Waals surface area (Å²) in [4.78, 5) is 0. The summed E-state index contributed by atoms with van der Waals surface area (Å²) < 4.78 is 5.46. The van der Waals surface area contributed by atoms with Crippen molar-refractivity contribution in [1.82, 2.24) is 0 Å². The molecule has 0 aliphatic rings. The van der Waals surface area contributed by atoms with Gasteiger partial charge in [-0.3, -0.25) is 0 Å². The lowest BCUT2D eigenvalue weighted by molar-refractivity contribution is 0.558. The average molecular weight is 194 g/mol. The number of rotatable bonds is 2. The van der Waals surface area contributed by atoms with Crippen molar-refractivity contribution < 1.29 is 4.42 Å². The topological polar surface area (TPSA) is 13.1 Å². The molecule has 0 aliphatic heterocycles. The highest BCUT2D eigenvalue weighted by atomic mass is 28.3. The number of furan rings is 1. The van der Waals surface area contributed by atoms with Gasteiger partial charge in [-0.1, -0.05) is 25.2 Å². The second-order valence-electron chi connectivity index (χ2n) is 4.71. The molecule has 72 valence electrons. The maximum atomic E-state index is 5.46. The van der Waals surface area contributed by atoms with Crippen molar-refractivity contribution in [2.75, 3.05) is 0 Å². The molecule has 1 nitrogen and oxygen atoms in total. The SMILES string of the molecule is CC(C)=Cc1cc([Si](C)(C)C)co1. The standard InChI is InChI=1S/C11H18OSi/c1-9(2)6-10-7-11(8-12-10)13(3,4)5/h6-8H,1-5H3. The highest BCUT2D eigenvalue weighted by molar-refractivity contribution is 6.88. The van der Waals surface area contributed by atoms with E-state index in [1.165, 1.54) is 10.8 Å². The van der Waals surface area contributed by atoms with E-state index < -0.39 is 8.07 Å². The highest BCUT2D eigenvalue weighted by Gasteiger charge is 2.18. The van der Waals surface area contributed by atoms with E-state index in [1.54, 1.807) is 0 Å². The van der Waals surface area contributed by atoms with Crippen LogP contribution >= 0.6 is 0 Å². The summed E-state index contributed by atoms with van der Waals surface area (Å²) in [6, 6.07) is 2.17. The highest BCUT2D eigenvalue weighted by Crippen LogP contribution is 2.09. The van der Waals surface area contributed by atoms with Gasteiger partial charge in [0.05, 0.1) is 14.3 Å². The van der Waals surface area contributed by atoms with Gasteiger partial charge in [-0.15, -0.1) is 0 Å². The van der Waals surface area contributed by atoms with Gasteiger partial charge < -0.3 is 4.42 Å². The van der Waals surface area contributed by atoms with Gasteiger partial charge in [-0.25, -0.2) is 0 Å². The first-order valence-electron chi connectivity index (χ1n) is 4.63. The van der Waals surface area contributed by atoms with Crippen LogP contribution in [-0.4, -0.2) is 8.07 Å². The van der Waals surface area contributed by atoms with Crippen LogP contribution in [0, 0.1) is 0 Å². The van der Waals surface area contributed by atoms with Gasteiger partial charge in [0, 0.05) is 0 Å². The Morgan fingerprint density at radius 3 is 2.31 bits per heavy atom. The van der Waals surface area contributed by atoms with Gasteiger partial charge in [0.2, 0.25) is 0 Å². The lowest BCUT2D eigenvalue weighted by Gasteiger charge is -2.11. The molecule has 0 saturated carbocycles. The van der Waals surface area contributed by atoms with Crippen molar-refractivity contribution in [3.05, 3.63) is 23.7 Å². The van der Waals surface area contributed by atoms with Crippen LogP contribution in [0.15, 0.2) is 22.3 Å². The summed E-state index contributed by atoms with van der Waals surface area (Å²) in [6.07, 6.45) is 3.98. The third-order valence-electron chi connectivity index (χ3n) is 1.92. The third-order valence-corrected chi connectivity index (χ3v) is 3.91. The minimum atomic E-state index is -1.19. The molecule has 1 rings (SSSR count). The predicted octanol–water partition coefficient (Wildman–Crippen LogP) is 3.25. The van der Waals surface area contributed by atoms with E-state index in [0.717, 1.165) is 5.76 Å². The van der Waals surface area contributed by atoms with Crippen LogP contribution in [0.25, 0.3) is 6.08 Å². The molecule has 0 fully saturated rings. The third kappa shape index (κ3) is 2.88. The minimum absolute atomic E-state index is 0.984. The van der Waals surface area contributed by atoms with Crippen LogP contribution in [0.4, 0.5) is 0 Å². The second-order valence-corrected chi connectivity index (χ2v) is 9.79. The second kappa shape index (κ2) is 3.54. The van der Waals surface area contributed by atoms with Crippen molar-refractivity contribution in [1.29, 1.82) is 0 Å². The fourth-order valence-corrected chi connectivity index (χ4v) is 2.09. The van der Waals surface area contributed by atoms with Crippen molar-refractivity contribution in [3.8, 4) is 0 Å². The first-order chi connectivity index (χ1) is 5.89. The van der Waals surface area contributed by atoms with Crippen LogP contribution in [0.5, 0.6) is 0 Å². The maximum absolute atomic E-state index is 5.46. The summed E-state index contributed by atoms with van der Waals surface area (Å²) in [5.41, 5.74) is 1.27. The Hall–Kier alpha value is -0.763. The molecule has 0 amide bonds. The molecule has 1 aromatic heterocycles. The van der Waals surface area contributed by atoms with E-state index in [9.17, 15) is 0 Å². The van der Waals surface area contributed by atoms with Crippen LogP contribution in [0.3, 0.4) is 0 Å². The molecule has 0 radical (unpaired) electrons. The van der Waals surface area contributed by atoms with Crippen LogP contribution in [0.2, 0.25) is 19.6 Å². The van der Waals surface area contributed by atoms with Gasteiger partial charge in [0.15, 0.2) is 0 Å². The molecular weight excluding hydrogens is 176 g/mol. The molecule has 0 aliphatic carbocycles. The normalized spacial score (nSPS) is 11.5. The molecular formula is C11H18OSi. The smallest absolute Gasteiger partial charge is 0.126 e. The largest absolute Gasteiger partial charge is 0.465 e. The van der Waals surface area contributed by atoms with Crippen molar-refractivity contribution in [3.63, 3.8) is 0 Å². The Balaban J connectivity index is 2.94. The van der Waals surface area contributed by atoms with Crippen molar-refractivity contribution >= 4 is 19.3 Å². The first kappa shape index (κ1) is 10.3. The quantitative estimate of drug-likeness (QED) is 0.659. The minimum Gasteiger partial charge on any atom is -0.465 e. The van der Waals surface area contributed by atoms with E-state index >= 15 is 0 Å². The number of hydrogen-bond acceptors (Lipinski definition) is 1. The van der Waals surface area contributed by atoms with E-state index in [1.807, 2.05) is 6.26 Å². The Morgan fingerprint density at radius 1 is 1.31 bits per heavy atom. The molecule has 0 saturated heterocycles. The molecule has 13 heavy (non-hydrogen) atoms. The molecule has 0 N–H and O–H groups in total. The molecule has 0 spiro atoms. The zero-order valence-corrected chi connectivity index (χ0v) is 10.1. The van der Waals surface area contributed by atoms with Crippen LogP contribution in [-0.2, 0) is 0 Å². The monoisotopic (exact) mass is 194 g/mol. The summed E-state index contributed by atoms with van der Waals surface area (Å²) in [7, 11) is -1.19. The summed E-state index contributed by atoms with van der Waals surface area (Å²) in [5, 5.41) is 1.39. The van der Waals surface area contributed by atoms with Gasteiger partial charge in [0.25, 0.3) is 0 Å². The van der Waals surface area contributed by atoms with Crippen LogP contribution in [0.1, 0.15) is 19.6 Å². The lowest BCUT2D eigenvalue weighted by Crippen LogP contribution is -2.36. The Bertz CT molecular complexity index is 311. The molecule has 2 heteroatoms. The summed E-state index contributed by atoms with van der Waals surface area (Å²) in [5.74, 6) is 0.984. The van der Waals surface area contributed by atoms with Gasteiger partial charge in [0.1, 0.15) is 5.76 Å². The fourth-order valence-electron chi connectivity index (χ4n) is 1.11. The van der Waals surface area contributed by atoms with Crippen LogP contribution < -0.4 is 5.19 Å². The van der Waals surface area contributed by atoms with E-state index in [-0.39, 0.29) is 0 Å². The zero-order valence-electron chi connectivity index (χ0n) is 9.14. The first-order valence-corrected chi connectivity index (χ1v) is 8.13. The van der Waals surface area contributed by atoms with E-state index in [0.29, 0.717) is 0 Å². The molecule has 1 aromatic rings. The van der Waals surface area contributed by atoms with Crippen molar-refractivity contribution in [2.24, 2.45) is 0 Å². The Morgan fingerprint density at radius 2 is 1.92 bits per heavy atom. The van der Waals surface area contributed by atoms with Gasteiger partial charge in [-0.2, -0.15) is 0 Å². The molecule has 0 bridgehead atoms. The molecule has 1 heterocycles. The number of hydrogen-bond donors (Lipinski definition) is 0. The molecule has 0 atom stereocenters. The fraction of sp³-hybridized carbons (Fsp3) is 0.455. The number of allylic oxidation sites excluding steroid dienone is 1. The van der Waals surface area contributed by atoms with E-state index in [4.69, 9.17) is 4.42 Å². The Labute approximate surface area is 81.5 Å². The van der Waals surface area contributed by atoms with Gasteiger partial charge in [-0.05, 0) is 31.2 Å².